The van der Waals surface area contributed by atoms with E-state index in [0.717, 1.165) is 31.9 Å². The van der Waals surface area contributed by atoms with Crippen molar-refractivity contribution in [2.24, 2.45) is 7.05 Å². The maximum Gasteiger partial charge on any atom is 0.140 e. The molecule has 1 aromatic rings. The lowest BCUT2D eigenvalue weighted by atomic mass is 10.4. The van der Waals surface area contributed by atoms with Crippen molar-refractivity contribution in [2.45, 2.75) is 19.9 Å². The van der Waals surface area contributed by atoms with E-state index in [1.165, 1.54) is 0 Å². The van der Waals surface area contributed by atoms with E-state index in [9.17, 15) is 0 Å². The Bertz CT molecular complexity index is 261. The lowest BCUT2D eigenvalue weighted by Crippen LogP contribution is -2.26. The van der Waals surface area contributed by atoms with Crippen molar-refractivity contribution in [1.82, 2.24) is 19.7 Å². The third kappa shape index (κ3) is 3.08. The maximum absolute atomic E-state index is 8.73. The van der Waals surface area contributed by atoms with Crippen molar-refractivity contribution in [2.75, 3.05) is 19.7 Å². The molecule has 0 atom stereocenters. The summed E-state index contributed by atoms with van der Waals surface area (Å²) >= 11 is 0. The first-order valence-electron chi connectivity index (χ1n) is 4.94. The summed E-state index contributed by atoms with van der Waals surface area (Å²) in [5.74, 6) is 0.963. The Morgan fingerprint density at radius 2 is 2.36 bits per heavy atom. The molecule has 0 spiro atoms. The molecule has 0 radical (unpaired) electrons. The van der Waals surface area contributed by atoms with E-state index < -0.39 is 0 Å². The molecule has 0 fully saturated rings. The van der Waals surface area contributed by atoms with Crippen molar-refractivity contribution in [3.8, 4) is 0 Å². The Morgan fingerprint density at radius 1 is 1.57 bits per heavy atom. The van der Waals surface area contributed by atoms with Gasteiger partial charge in [0.1, 0.15) is 12.2 Å². The Kier molecular flexibility index (Phi) is 4.55. The molecule has 1 heterocycles. The van der Waals surface area contributed by atoms with Crippen LogP contribution in [0.2, 0.25) is 0 Å². The normalized spacial score (nSPS) is 11.1. The van der Waals surface area contributed by atoms with Gasteiger partial charge >= 0.3 is 0 Å². The summed E-state index contributed by atoms with van der Waals surface area (Å²) < 4.78 is 1.78. The van der Waals surface area contributed by atoms with Crippen molar-refractivity contribution in [3.63, 3.8) is 0 Å². The van der Waals surface area contributed by atoms with Gasteiger partial charge in [-0.05, 0) is 13.0 Å². The van der Waals surface area contributed by atoms with E-state index in [-0.39, 0.29) is 6.61 Å². The molecule has 1 rings (SSSR count). The summed E-state index contributed by atoms with van der Waals surface area (Å²) in [6, 6.07) is 0. The molecule has 0 bridgehead atoms. The van der Waals surface area contributed by atoms with Crippen molar-refractivity contribution in [3.05, 3.63) is 12.2 Å². The SMILES string of the molecule is CCN(CCCO)Cc1ncnn1C. The highest BCUT2D eigenvalue weighted by atomic mass is 16.3. The quantitative estimate of drug-likeness (QED) is 0.700. The molecule has 0 aliphatic rings. The molecule has 5 heteroatoms. The Balaban J connectivity index is 2.44. The number of rotatable bonds is 6. The lowest BCUT2D eigenvalue weighted by Gasteiger charge is -2.18. The third-order valence-electron chi connectivity index (χ3n) is 2.25. The fourth-order valence-electron chi connectivity index (χ4n) is 1.31. The number of aliphatic hydroxyl groups excluding tert-OH is 1. The number of hydrogen-bond donors (Lipinski definition) is 1. The minimum atomic E-state index is 0.245. The van der Waals surface area contributed by atoms with Crippen LogP contribution in [-0.4, -0.2) is 44.5 Å². The van der Waals surface area contributed by atoms with E-state index in [1.54, 1.807) is 11.0 Å². The topological polar surface area (TPSA) is 54.2 Å². The predicted molar refractivity (Wildman–Crippen MR) is 53.7 cm³/mol. The van der Waals surface area contributed by atoms with Gasteiger partial charge in [0, 0.05) is 20.2 Å². The molecule has 14 heavy (non-hydrogen) atoms. The Labute approximate surface area is 84.4 Å². The highest BCUT2D eigenvalue weighted by Gasteiger charge is 2.06. The first-order chi connectivity index (χ1) is 6.77. The number of aryl methyl sites for hydroxylation is 1. The summed E-state index contributed by atoms with van der Waals surface area (Å²) in [5, 5.41) is 12.7. The number of aromatic nitrogens is 3. The first-order valence-corrected chi connectivity index (χ1v) is 4.94. The summed E-state index contributed by atoms with van der Waals surface area (Å²) in [6.45, 7) is 5.02. The third-order valence-corrected chi connectivity index (χ3v) is 2.25. The van der Waals surface area contributed by atoms with Crippen molar-refractivity contribution < 1.29 is 5.11 Å². The summed E-state index contributed by atoms with van der Waals surface area (Å²) in [4.78, 5) is 6.40. The lowest BCUT2D eigenvalue weighted by molar-refractivity contribution is 0.220. The maximum atomic E-state index is 8.73. The van der Waals surface area contributed by atoms with E-state index >= 15 is 0 Å². The van der Waals surface area contributed by atoms with Crippen LogP contribution in [0.5, 0.6) is 0 Å². The fourth-order valence-corrected chi connectivity index (χ4v) is 1.31. The van der Waals surface area contributed by atoms with Crippen molar-refractivity contribution >= 4 is 0 Å². The molecule has 1 aromatic heterocycles. The van der Waals surface area contributed by atoms with Crippen LogP contribution in [0.4, 0.5) is 0 Å². The van der Waals surface area contributed by atoms with Crippen LogP contribution in [0.3, 0.4) is 0 Å². The van der Waals surface area contributed by atoms with Crippen LogP contribution in [0, 0.1) is 0 Å². The number of aliphatic hydroxyl groups is 1. The zero-order valence-corrected chi connectivity index (χ0v) is 8.85. The average molecular weight is 198 g/mol. The number of nitrogens with zero attached hydrogens (tertiary/aromatic N) is 4. The molecule has 80 valence electrons. The van der Waals surface area contributed by atoms with Gasteiger partial charge in [-0.25, -0.2) is 4.98 Å². The molecule has 0 aliphatic heterocycles. The van der Waals surface area contributed by atoms with E-state index in [1.807, 2.05) is 7.05 Å². The van der Waals surface area contributed by atoms with Gasteiger partial charge in [0.15, 0.2) is 0 Å². The molecular weight excluding hydrogens is 180 g/mol. The average Bonchev–Trinajstić information content (AvgIpc) is 2.59. The van der Waals surface area contributed by atoms with Gasteiger partial charge in [0.2, 0.25) is 0 Å². The van der Waals surface area contributed by atoms with Gasteiger partial charge in [0.05, 0.1) is 6.54 Å². The molecule has 0 amide bonds. The Morgan fingerprint density at radius 3 is 2.86 bits per heavy atom. The molecule has 0 saturated carbocycles. The minimum absolute atomic E-state index is 0.245. The van der Waals surface area contributed by atoms with Gasteiger partial charge in [-0.2, -0.15) is 5.10 Å². The highest BCUT2D eigenvalue weighted by Crippen LogP contribution is 2.00. The van der Waals surface area contributed by atoms with E-state index in [0.29, 0.717) is 0 Å². The summed E-state index contributed by atoms with van der Waals surface area (Å²) in [6.07, 6.45) is 2.38. The standard InChI is InChI=1S/C9H18N4O/c1-3-13(5-4-6-14)7-9-10-8-11-12(9)2/h8,14H,3-7H2,1-2H3. The largest absolute Gasteiger partial charge is 0.396 e. The molecule has 5 nitrogen and oxygen atoms in total. The zero-order chi connectivity index (χ0) is 10.4. The molecule has 0 aliphatic carbocycles. The van der Waals surface area contributed by atoms with Crippen LogP contribution in [0.15, 0.2) is 6.33 Å². The minimum Gasteiger partial charge on any atom is -0.396 e. The second-order valence-electron chi connectivity index (χ2n) is 3.25. The van der Waals surface area contributed by atoms with Gasteiger partial charge in [-0.1, -0.05) is 6.92 Å². The van der Waals surface area contributed by atoms with Crippen LogP contribution < -0.4 is 0 Å². The highest BCUT2D eigenvalue weighted by molar-refractivity contribution is 4.83. The molecular formula is C9H18N4O. The first kappa shape index (κ1) is 11.1. The van der Waals surface area contributed by atoms with Gasteiger partial charge in [-0.3, -0.25) is 9.58 Å². The number of hydrogen-bond acceptors (Lipinski definition) is 4. The summed E-state index contributed by atoms with van der Waals surface area (Å²) in [5.41, 5.74) is 0. The molecule has 0 unspecified atom stereocenters. The second-order valence-corrected chi connectivity index (χ2v) is 3.25. The van der Waals surface area contributed by atoms with Crippen molar-refractivity contribution in [1.29, 1.82) is 0 Å². The smallest absolute Gasteiger partial charge is 0.140 e. The summed E-state index contributed by atoms with van der Waals surface area (Å²) in [7, 11) is 1.89. The van der Waals surface area contributed by atoms with E-state index in [2.05, 4.69) is 21.9 Å². The Hall–Kier alpha value is -0.940. The molecule has 0 saturated heterocycles. The van der Waals surface area contributed by atoms with Gasteiger partial charge in [-0.15, -0.1) is 0 Å². The van der Waals surface area contributed by atoms with Crippen LogP contribution >= 0.6 is 0 Å². The van der Waals surface area contributed by atoms with E-state index in [4.69, 9.17) is 5.11 Å². The predicted octanol–water partition coefficient (Wildman–Crippen LogP) is 0.0194. The van der Waals surface area contributed by atoms with Crippen LogP contribution in [0.1, 0.15) is 19.2 Å². The zero-order valence-electron chi connectivity index (χ0n) is 8.85. The van der Waals surface area contributed by atoms with Crippen LogP contribution in [-0.2, 0) is 13.6 Å². The second kappa shape index (κ2) is 5.72. The van der Waals surface area contributed by atoms with Crippen LogP contribution in [0.25, 0.3) is 0 Å². The molecule has 1 N–H and O–H groups in total. The molecule has 0 aromatic carbocycles. The monoisotopic (exact) mass is 198 g/mol. The van der Waals surface area contributed by atoms with Gasteiger partial charge in [0.25, 0.3) is 0 Å². The van der Waals surface area contributed by atoms with Gasteiger partial charge < -0.3 is 5.11 Å². The fraction of sp³-hybridized carbons (Fsp3) is 0.778.